The standard InChI is InChI=1S/C28H40F3NO12/c1-35-13-40-12-22-24(42-15-37-3)25(43-16-38-4)23(41-14-36-2)21(44-22)10-17-6-7-19(26(33)39-5)20-11-32(9-8-18(17)20)27(34)28(29,30)31/h6-7,21-25H,8-16H2,1-5H3/t21?,22-,23+,24-,25-/m1/s1. The zero-order valence-electron chi connectivity index (χ0n) is 25.4. The van der Waals surface area contributed by atoms with Crippen molar-refractivity contribution in [3.05, 3.63) is 34.4 Å². The van der Waals surface area contributed by atoms with E-state index in [1.165, 1.54) is 41.6 Å². The van der Waals surface area contributed by atoms with Gasteiger partial charge in [0, 0.05) is 47.9 Å². The van der Waals surface area contributed by atoms with Crippen LogP contribution in [0.4, 0.5) is 13.2 Å². The lowest BCUT2D eigenvalue weighted by Crippen LogP contribution is -2.62. The smallest absolute Gasteiger partial charge is 0.465 e. The second-order valence-electron chi connectivity index (χ2n) is 10.0. The van der Waals surface area contributed by atoms with E-state index in [4.69, 9.17) is 47.4 Å². The molecule has 0 radical (unpaired) electrons. The fourth-order valence-electron chi connectivity index (χ4n) is 5.38. The van der Waals surface area contributed by atoms with E-state index in [2.05, 4.69) is 0 Å². The molecule has 0 aliphatic carbocycles. The summed E-state index contributed by atoms with van der Waals surface area (Å²) in [7, 11) is 7.05. The Hall–Kier alpha value is -2.41. The minimum absolute atomic E-state index is 0.00956. The molecule has 2 aliphatic heterocycles. The van der Waals surface area contributed by atoms with Gasteiger partial charge in [-0.15, -0.1) is 0 Å². The third-order valence-corrected chi connectivity index (χ3v) is 7.21. The van der Waals surface area contributed by atoms with Gasteiger partial charge in [0.2, 0.25) is 0 Å². The SMILES string of the molecule is COCOC[C@H]1OC(Cc2ccc(C(=O)OC)c3c2CCN(C(=O)C(F)(F)F)C3)[C@H](OCOC)[C@@H](OCOC)[C@@H]1OCOC. The number of benzene rings is 1. The number of carbonyl (C=O) groups is 2. The number of nitrogens with zero attached hydrogens (tertiary/aromatic N) is 1. The highest BCUT2D eigenvalue weighted by atomic mass is 19.4. The maximum atomic E-state index is 13.3. The van der Waals surface area contributed by atoms with Crippen LogP contribution in [-0.2, 0) is 71.5 Å². The van der Waals surface area contributed by atoms with Crippen LogP contribution in [0.1, 0.15) is 27.0 Å². The molecule has 0 N–H and O–H groups in total. The van der Waals surface area contributed by atoms with Gasteiger partial charge in [0.15, 0.2) is 0 Å². The van der Waals surface area contributed by atoms with E-state index in [1.54, 1.807) is 6.07 Å². The number of alkyl halides is 3. The number of methoxy groups -OCH3 is 5. The average Bonchev–Trinajstić information content (AvgIpc) is 3.01. The number of rotatable bonds is 16. The van der Waals surface area contributed by atoms with Gasteiger partial charge in [-0.05, 0) is 29.2 Å². The maximum Gasteiger partial charge on any atom is 0.471 e. The highest BCUT2D eigenvalue weighted by Crippen LogP contribution is 2.34. The molecule has 3 rings (SSSR count). The number of esters is 1. The lowest BCUT2D eigenvalue weighted by molar-refractivity contribution is -0.297. The zero-order chi connectivity index (χ0) is 32.3. The molecule has 1 unspecified atom stereocenters. The topological polar surface area (TPSA) is 130 Å². The first-order chi connectivity index (χ1) is 21.1. The van der Waals surface area contributed by atoms with E-state index >= 15 is 0 Å². The fraction of sp³-hybridized carbons (Fsp3) is 0.714. The maximum absolute atomic E-state index is 13.3. The highest BCUT2D eigenvalue weighted by molar-refractivity contribution is 5.92. The van der Waals surface area contributed by atoms with Gasteiger partial charge >= 0.3 is 18.1 Å². The first-order valence-electron chi connectivity index (χ1n) is 13.7. The number of ether oxygens (including phenoxy) is 10. The largest absolute Gasteiger partial charge is 0.471 e. The Kier molecular flexibility index (Phi) is 14.2. The lowest BCUT2D eigenvalue weighted by atomic mass is 9.85. The Morgan fingerprint density at radius 2 is 1.43 bits per heavy atom. The molecule has 2 heterocycles. The van der Waals surface area contributed by atoms with Gasteiger partial charge in [-0.3, -0.25) is 4.79 Å². The molecule has 1 saturated heterocycles. The Labute approximate surface area is 253 Å². The van der Waals surface area contributed by atoms with Crippen LogP contribution in [0.25, 0.3) is 0 Å². The third kappa shape index (κ3) is 9.08. The van der Waals surface area contributed by atoms with E-state index in [0.717, 1.165) is 0 Å². The van der Waals surface area contributed by atoms with E-state index in [0.29, 0.717) is 16.0 Å². The van der Waals surface area contributed by atoms with E-state index in [1.807, 2.05) is 0 Å². The Morgan fingerprint density at radius 3 is 2.00 bits per heavy atom. The normalized spacial score (nSPS) is 23.8. The minimum atomic E-state index is -5.05. The van der Waals surface area contributed by atoms with Gasteiger partial charge in [-0.25, -0.2) is 4.79 Å². The van der Waals surface area contributed by atoms with Crippen LogP contribution in [0.15, 0.2) is 12.1 Å². The van der Waals surface area contributed by atoms with Gasteiger partial charge in [-0.1, -0.05) is 6.07 Å². The minimum Gasteiger partial charge on any atom is -0.465 e. The van der Waals surface area contributed by atoms with Crippen molar-refractivity contribution in [3.8, 4) is 0 Å². The molecule has 44 heavy (non-hydrogen) atoms. The van der Waals surface area contributed by atoms with Crippen molar-refractivity contribution >= 4 is 11.9 Å². The monoisotopic (exact) mass is 639 g/mol. The fourth-order valence-corrected chi connectivity index (χ4v) is 5.38. The second-order valence-corrected chi connectivity index (χ2v) is 10.0. The number of carbonyl (C=O) groups excluding carboxylic acids is 2. The summed E-state index contributed by atoms with van der Waals surface area (Å²) in [4.78, 5) is 25.3. The van der Waals surface area contributed by atoms with Crippen LogP contribution in [0, 0.1) is 0 Å². The van der Waals surface area contributed by atoms with Crippen LogP contribution in [0.5, 0.6) is 0 Å². The number of amides is 1. The van der Waals surface area contributed by atoms with Crippen molar-refractivity contribution in [1.82, 2.24) is 4.90 Å². The summed E-state index contributed by atoms with van der Waals surface area (Å²) >= 11 is 0. The molecule has 0 saturated carbocycles. The highest BCUT2D eigenvalue weighted by Gasteiger charge is 2.49. The number of hydrogen-bond donors (Lipinski definition) is 0. The van der Waals surface area contributed by atoms with Crippen LogP contribution < -0.4 is 0 Å². The van der Waals surface area contributed by atoms with Crippen molar-refractivity contribution in [3.63, 3.8) is 0 Å². The first-order valence-corrected chi connectivity index (χ1v) is 13.7. The molecule has 16 heteroatoms. The van der Waals surface area contributed by atoms with Gasteiger partial charge in [0.1, 0.15) is 51.6 Å². The molecular formula is C28H40F3NO12. The average molecular weight is 640 g/mol. The molecule has 1 amide bonds. The Morgan fingerprint density at radius 1 is 0.841 bits per heavy atom. The molecule has 1 fully saturated rings. The molecule has 0 bridgehead atoms. The van der Waals surface area contributed by atoms with Crippen molar-refractivity contribution in [1.29, 1.82) is 0 Å². The molecule has 0 aromatic heterocycles. The summed E-state index contributed by atoms with van der Waals surface area (Å²) < 4.78 is 95.3. The summed E-state index contributed by atoms with van der Waals surface area (Å²) in [5, 5.41) is 0. The quantitative estimate of drug-likeness (QED) is 0.149. The zero-order valence-corrected chi connectivity index (χ0v) is 25.4. The molecule has 5 atom stereocenters. The summed E-state index contributed by atoms with van der Waals surface area (Å²) in [5.41, 5.74) is 1.65. The Bertz CT molecular complexity index is 1080. The van der Waals surface area contributed by atoms with Crippen molar-refractivity contribution in [2.24, 2.45) is 0 Å². The summed E-state index contributed by atoms with van der Waals surface area (Å²) in [6.45, 7) is -0.874. The predicted molar refractivity (Wildman–Crippen MR) is 143 cm³/mol. The summed E-state index contributed by atoms with van der Waals surface area (Å²) in [6, 6.07) is 3.16. The lowest BCUT2D eigenvalue weighted by Gasteiger charge is -2.46. The molecule has 2 aliphatic rings. The van der Waals surface area contributed by atoms with Gasteiger partial charge in [-0.2, -0.15) is 13.2 Å². The predicted octanol–water partition coefficient (Wildman–Crippen LogP) is 1.82. The Balaban J connectivity index is 2.02. The van der Waals surface area contributed by atoms with Crippen LogP contribution in [0.3, 0.4) is 0 Å². The molecule has 0 spiro atoms. The van der Waals surface area contributed by atoms with Crippen LogP contribution in [0.2, 0.25) is 0 Å². The van der Waals surface area contributed by atoms with Gasteiger partial charge in [0.25, 0.3) is 0 Å². The van der Waals surface area contributed by atoms with Crippen molar-refractivity contribution in [2.45, 2.75) is 56.1 Å². The van der Waals surface area contributed by atoms with Gasteiger partial charge in [0.05, 0.1) is 25.4 Å². The van der Waals surface area contributed by atoms with E-state index in [-0.39, 0.29) is 64.3 Å². The number of halogens is 3. The number of hydrogen-bond acceptors (Lipinski definition) is 12. The first kappa shape index (κ1) is 36.1. The summed E-state index contributed by atoms with van der Waals surface area (Å²) in [6.07, 6.45) is -8.49. The van der Waals surface area contributed by atoms with Crippen LogP contribution >= 0.6 is 0 Å². The summed E-state index contributed by atoms with van der Waals surface area (Å²) in [5.74, 6) is -2.71. The molecule has 1 aromatic rings. The van der Waals surface area contributed by atoms with Crippen molar-refractivity contribution in [2.75, 3.05) is 75.9 Å². The van der Waals surface area contributed by atoms with E-state index < -0.39 is 55.1 Å². The van der Waals surface area contributed by atoms with E-state index in [9.17, 15) is 22.8 Å². The van der Waals surface area contributed by atoms with Gasteiger partial charge < -0.3 is 52.3 Å². The number of fused-ring (bicyclic) bond motifs is 1. The molecule has 250 valence electrons. The van der Waals surface area contributed by atoms with Crippen LogP contribution in [-0.4, -0.2) is 129 Å². The third-order valence-electron chi connectivity index (χ3n) is 7.21. The molecular weight excluding hydrogens is 599 g/mol. The molecule has 1 aromatic carbocycles. The second kappa shape index (κ2) is 17.3. The van der Waals surface area contributed by atoms with Crippen molar-refractivity contribution < 1.29 is 70.1 Å². The molecule has 13 nitrogen and oxygen atoms in total.